The van der Waals surface area contributed by atoms with Crippen LogP contribution in [0.4, 0.5) is 0 Å². The topological polar surface area (TPSA) is 26.3 Å². The van der Waals surface area contributed by atoms with E-state index in [4.69, 9.17) is 4.74 Å². The summed E-state index contributed by atoms with van der Waals surface area (Å²) in [4.78, 5) is 12.1. The summed E-state index contributed by atoms with van der Waals surface area (Å²) in [5.74, 6) is 0.889. The maximum atomic E-state index is 12.1. The van der Waals surface area contributed by atoms with Gasteiger partial charge in [-0.1, -0.05) is 13.5 Å². The molecule has 0 aliphatic rings. The molecule has 0 aliphatic carbocycles. The molecule has 0 amide bonds. The maximum absolute atomic E-state index is 12.1. The number of rotatable bonds is 5. The van der Waals surface area contributed by atoms with E-state index in [-0.39, 0.29) is 5.78 Å². The van der Waals surface area contributed by atoms with E-state index < -0.39 is 0 Å². The molecule has 0 radical (unpaired) electrons. The number of hydrogen-bond acceptors (Lipinski definition) is 2. The lowest BCUT2D eigenvalue weighted by Crippen LogP contribution is -2.06. The Bertz CT molecular complexity index is 444. The van der Waals surface area contributed by atoms with Crippen LogP contribution in [0.2, 0.25) is 0 Å². The van der Waals surface area contributed by atoms with E-state index in [9.17, 15) is 4.79 Å². The highest BCUT2D eigenvalue weighted by molar-refractivity contribution is 6.09. The van der Waals surface area contributed by atoms with Crippen LogP contribution in [0.5, 0.6) is 5.75 Å². The van der Waals surface area contributed by atoms with Crippen molar-refractivity contribution in [3.8, 4) is 5.75 Å². The van der Waals surface area contributed by atoms with Crippen LogP contribution < -0.4 is 4.74 Å². The molecule has 0 spiro atoms. The van der Waals surface area contributed by atoms with Gasteiger partial charge in [-0.3, -0.25) is 4.79 Å². The summed E-state index contributed by atoms with van der Waals surface area (Å²) >= 11 is 0. The fourth-order valence-electron chi connectivity index (χ4n) is 1.70. The first-order valence-electron chi connectivity index (χ1n) is 5.98. The first-order valence-corrected chi connectivity index (χ1v) is 5.98. The van der Waals surface area contributed by atoms with Gasteiger partial charge in [0.2, 0.25) is 0 Å². The van der Waals surface area contributed by atoms with Crippen molar-refractivity contribution in [1.82, 2.24) is 0 Å². The quantitative estimate of drug-likeness (QED) is 0.569. The number of Topliss-reactive ketones (excluding diaryl/α,β-unsaturated/α-hetero) is 1. The Morgan fingerprint density at radius 1 is 1.24 bits per heavy atom. The van der Waals surface area contributed by atoms with Crippen molar-refractivity contribution >= 4 is 5.78 Å². The molecule has 0 unspecified atom stereocenters. The van der Waals surface area contributed by atoms with Crippen molar-refractivity contribution in [3.63, 3.8) is 0 Å². The molecule has 0 N–H and O–H groups in total. The summed E-state index contributed by atoms with van der Waals surface area (Å²) in [6, 6.07) is 3.69. The number of carbonyl (C=O) groups is 1. The predicted molar refractivity (Wildman–Crippen MR) is 70.8 cm³/mol. The van der Waals surface area contributed by atoms with Gasteiger partial charge in [-0.2, -0.15) is 0 Å². The predicted octanol–water partition coefficient (Wildman–Crippen LogP) is 3.85. The molecule has 0 atom stereocenters. The van der Waals surface area contributed by atoms with Gasteiger partial charge in [-0.25, -0.2) is 0 Å². The van der Waals surface area contributed by atoms with Crippen LogP contribution in [-0.2, 0) is 0 Å². The third-order valence-corrected chi connectivity index (χ3v) is 3.03. The summed E-state index contributed by atoms with van der Waals surface area (Å²) in [6.45, 7) is 12.3. The highest BCUT2D eigenvalue weighted by atomic mass is 16.5. The van der Waals surface area contributed by atoms with E-state index in [2.05, 4.69) is 6.58 Å². The number of ether oxygens (including phenoxy) is 1. The first-order chi connectivity index (χ1) is 8.02. The maximum Gasteiger partial charge on any atom is 0.188 e. The lowest BCUT2D eigenvalue weighted by molar-refractivity contribution is 0.103. The second-order valence-electron chi connectivity index (χ2n) is 4.08. The molecule has 0 aromatic heterocycles. The Hall–Kier alpha value is -1.57. The molecule has 0 heterocycles. The van der Waals surface area contributed by atoms with Crippen molar-refractivity contribution in [3.05, 3.63) is 41.0 Å². The fourth-order valence-corrected chi connectivity index (χ4v) is 1.70. The molecule has 0 saturated carbocycles. The Labute approximate surface area is 103 Å². The minimum atomic E-state index is 0.0381. The normalized spacial score (nSPS) is 10.1. The van der Waals surface area contributed by atoms with E-state index in [1.807, 2.05) is 39.8 Å². The molecule has 1 rings (SSSR count). The summed E-state index contributed by atoms with van der Waals surface area (Å²) in [7, 11) is 0. The van der Waals surface area contributed by atoms with Gasteiger partial charge in [0.25, 0.3) is 0 Å². The van der Waals surface area contributed by atoms with Crippen molar-refractivity contribution in [2.45, 2.75) is 34.1 Å². The number of benzene rings is 1. The SMILES string of the molecule is C=C(CC)C(=O)c1ccc(OCC)c(C)c1C. The zero-order chi connectivity index (χ0) is 13.0. The third-order valence-electron chi connectivity index (χ3n) is 3.03. The smallest absolute Gasteiger partial charge is 0.188 e. The van der Waals surface area contributed by atoms with Gasteiger partial charge < -0.3 is 4.74 Å². The lowest BCUT2D eigenvalue weighted by Gasteiger charge is -2.13. The van der Waals surface area contributed by atoms with Crippen molar-refractivity contribution in [1.29, 1.82) is 0 Å². The van der Waals surface area contributed by atoms with E-state index in [0.717, 1.165) is 22.4 Å². The Kier molecular flexibility index (Phi) is 4.50. The molecule has 2 nitrogen and oxygen atoms in total. The third kappa shape index (κ3) is 2.76. The van der Waals surface area contributed by atoms with Gasteiger partial charge in [0.15, 0.2) is 5.78 Å². The standard InChI is InChI=1S/C15H20O2/c1-6-10(3)15(16)13-8-9-14(17-7-2)12(5)11(13)4/h8-9H,3,6-7H2,1-2,4-5H3. The van der Waals surface area contributed by atoms with E-state index in [1.165, 1.54) is 0 Å². The van der Waals surface area contributed by atoms with Gasteiger partial charge in [0.1, 0.15) is 5.75 Å². The van der Waals surface area contributed by atoms with Crippen LogP contribution in [0.15, 0.2) is 24.3 Å². The second kappa shape index (κ2) is 5.67. The molecule has 0 saturated heterocycles. The van der Waals surface area contributed by atoms with Gasteiger partial charge in [0.05, 0.1) is 6.61 Å². The molecule has 0 aliphatic heterocycles. The number of carbonyl (C=O) groups excluding carboxylic acids is 1. The summed E-state index contributed by atoms with van der Waals surface area (Å²) in [6.07, 6.45) is 0.685. The van der Waals surface area contributed by atoms with Gasteiger partial charge in [-0.05, 0) is 56.0 Å². The zero-order valence-corrected chi connectivity index (χ0v) is 11.1. The largest absolute Gasteiger partial charge is 0.494 e. The zero-order valence-electron chi connectivity index (χ0n) is 11.1. The fraction of sp³-hybridized carbons (Fsp3) is 0.400. The van der Waals surface area contributed by atoms with Crippen LogP contribution in [0.3, 0.4) is 0 Å². The van der Waals surface area contributed by atoms with Crippen molar-refractivity contribution < 1.29 is 9.53 Å². The van der Waals surface area contributed by atoms with E-state index in [1.54, 1.807) is 0 Å². The molecule has 1 aromatic rings. The molecular weight excluding hydrogens is 212 g/mol. The van der Waals surface area contributed by atoms with Crippen LogP contribution in [0.25, 0.3) is 0 Å². The van der Waals surface area contributed by atoms with Crippen molar-refractivity contribution in [2.24, 2.45) is 0 Å². The molecule has 92 valence electrons. The monoisotopic (exact) mass is 232 g/mol. The Morgan fingerprint density at radius 3 is 2.41 bits per heavy atom. The van der Waals surface area contributed by atoms with Crippen molar-refractivity contribution in [2.75, 3.05) is 6.61 Å². The highest BCUT2D eigenvalue weighted by Crippen LogP contribution is 2.26. The van der Waals surface area contributed by atoms with Crippen LogP contribution in [0, 0.1) is 13.8 Å². The Morgan fingerprint density at radius 2 is 1.88 bits per heavy atom. The number of hydrogen-bond donors (Lipinski definition) is 0. The average Bonchev–Trinajstić information content (AvgIpc) is 2.33. The molecular formula is C15H20O2. The summed E-state index contributed by atoms with van der Waals surface area (Å²) in [5.41, 5.74) is 3.40. The minimum absolute atomic E-state index is 0.0381. The average molecular weight is 232 g/mol. The van der Waals surface area contributed by atoms with Crippen LogP contribution >= 0.6 is 0 Å². The Balaban J connectivity index is 3.16. The number of ketones is 1. The van der Waals surface area contributed by atoms with E-state index in [0.29, 0.717) is 18.6 Å². The van der Waals surface area contributed by atoms with Crippen LogP contribution in [0.1, 0.15) is 41.8 Å². The molecule has 17 heavy (non-hydrogen) atoms. The molecule has 2 heteroatoms. The highest BCUT2D eigenvalue weighted by Gasteiger charge is 2.14. The molecule has 1 aromatic carbocycles. The van der Waals surface area contributed by atoms with Gasteiger partial charge >= 0.3 is 0 Å². The second-order valence-corrected chi connectivity index (χ2v) is 4.08. The lowest BCUT2D eigenvalue weighted by atomic mass is 9.95. The van der Waals surface area contributed by atoms with Crippen LogP contribution in [-0.4, -0.2) is 12.4 Å². The first kappa shape index (κ1) is 13.5. The molecule has 0 fully saturated rings. The van der Waals surface area contributed by atoms with Gasteiger partial charge in [-0.15, -0.1) is 0 Å². The number of allylic oxidation sites excluding steroid dienone is 1. The summed E-state index contributed by atoms with van der Waals surface area (Å²) < 4.78 is 5.51. The summed E-state index contributed by atoms with van der Waals surface area (Å²) in [5, 5.41) is 0. The minimum Gasteiger partial charge on any atom is -0.494 e. The molecule has 0 bridgehead atoms. The van der Waals surface area contributed by atoms with E-state index >= 15 is 0 Å². The van der Waals surface area contributed by atoms with Gasteiger partial charge in [0, 0.05) is 5.56 Å².